The number of benzene rings is 1. The Morgan fingerprint density at radius 1 is 1.16 bits per heavy atom. The van der Waals surface area contributed by atoms with Crippen molar-refractivity contribution in [3.8, 4) is 0 Å². The Labute approximate surface area is 187 Å². The molecule has 0 spiro atoms. The van der Waals surface area contributed by atoms with E-state index in [-0.39, 0.29) is 5.91 Å². The van der Waals surface area contributed by atoms with Crippen molar-refractivity contribution in [2.24, 2.45) is 16.8 Å². The van der Waals surface area contributed by atoms with Crippen molar-refractivity contribution in [3.63, 3.8) is 0 Å². The Balaban J connectivity index is 1.33. The topological polar surface area (TPSA) is 63.2 Å². The summed E-state index contributed by atoms with van der Waals surface area (Å²) in [6.45, 7) is 11.3. The third-order valence-corrected chi connectivity index (χ3v) is 6.37. The second-order valence-electron chi connectivity index (χ2n) is 9.19. The fraction of sp³-hybridized carbons (Fsp3) is 0.667. The molecule has 2 unspecified atom stereocenters. The van der Waals surface area contributed by atoms with Gasteiger partial charge < -0.3 is 25.3 Å². The van der Waals surface area contributed by atoms with Crippen molar-refractivity contribution in [1.82, 2.24) is 25.3 Å². The Morgan fingerprint density at radius 3 is 2.61 bits per heavy atom. The molecule has 0 aliphatic carbocycles. The predicted octanol–water partition coefficient (Wildman–Crippen LogP) is 1.13. The largest absolute Gasteiger partial charge is 0.356 e. The minimum Gasteiger partial charge on any atom is -0.356 e. The van der Waals surface area contributed by atoms with Crippen molar-refractivity contribution in [2.75, 3.05) is 73.0 Å². The quantitative estimate of drug-likeness (QED) is 0.456. The van der Waals surface area contributed by atoms with Gasteiger partial charge in [0, 0.05) is 78.3 Å². The number of guanidine groups is 1. The van der Waals surface area contributed by atoms with Gasteiger partial charge >= 0.3 is 0 Å². The SMILES string of the molecule is CN=C(NCC(C)CN1CCN(C)CC1)NCC1CC(=O)N(CCc2ccccc2)C1. The van der Waals surface area contributed by atoms with E-state index in [4.69, 9.17) is 0 Å². The zero-order valence-corrected chi connectivity index (χ0v) is 19.5. The van der Waals surface area contributed by atoms with E-state index in [1.54, 1.807) is 0 Å². The van der Waals surface area contributed by atoms with E-state index in [0.717, 1.165) is 71.3 Å². The van der Waals surface area contributed by atoms with Crippen LogP contribution in [0, 0.1) is 11.8 Å². The molecule has 0 aromatic heterocycles. The first kappa shape index (κ1) is 23.5. The first-order valence-electron chi connectivity index (χ1n) is 11.7. The maximum atomic E-state index is 12.4. The second-order valence-corrected chi connectivity index (χ2v) is 9.19. The number of hydrogen-bond acceptors (Lipinski definition) is 4. The van der Waals surface area contributed by atoms with Crippen molar-refractivity contribution in [3.05, 3.63) is 35.9 Å². The molecule has 0 radical (unpaired) electrons. The maximum Gasteiger partial charge on any atom is 0.223 e. The standard InChI is InChI=1S/C24H40N6O/c1-20(18-29-13-11-28(3)12-14-29)16-26-24(25-2)27-17-22-15-23(31)30(19-22)10-9-21-7-5-4-6-8-21/h4-8,20,22H,9-19H2,1-3H3,(H2,25,26,27). The highest BCUT2D eigenvalue weighted by atomic mass is 16.2. The Hall–Kier alpha value is -2.12. The van der Waals surface area contributed by atoms with E-state index in [1.165, 1.54) is 5.56 Å². The summed E-state index contributed by atoms with van der Waals surface area (Å²) < 4.78 is 0. The minimum absolute atomic E-state index is 0.270. The van der Waals surface area contributed by atoms with E-state index in [9.17, 15) is 4.79 Å². The number of piperazine rings is 1. The normalized spacial score (nSPS) is 22.0. The van der Waals surface area contributed by atoms with Gasteiger partial charge in [0.1, 0.15) is 0 Å². The van der Waals surface area contributed by atoms with Crippen LogP contribution in [-0.2, 0) is 11.2 Å². The molecule has 2 atom stereocenters. The lowest BCUT2D eigenvalue weighted by atomic mass is 10.1. The molecule has 1 amide bonds. The first-order chi connectivity index (χ1) is 15.0. The molecule has 2 heterocycles. The van der Waals surface area contributed by atoms with E-state index in [2.05, 4.69) is 63.7 Å². The number of nitrogens with zero attached hydrogens (tertiary/aromatic N) is 4. The van der Waals surface area contributed by atoms with Gasteiger partial charge in [0.25, 0.3) is 0 Å². The van der Waals surface area contributed by atoms with Crippen LogP contribution in [0.5, 0.6) is 0 Å². The van der Waals surface area contributed by atoms with Gasteiger partial charge in [-0.05, 0) is 24.9 Å². The summed E-state index contributed by atoms with van der Waals surface area (Å²) in [4.78, 5) is 23.7. The lowest BCUT2D eigenvalue weighted by Gasteiger charge is -2.34. The number of likely N-dealkylation sites (N-methyl/N-ethyl adjacent to an activating group) is 1. The maximum absolute atomic E-state index is 12.4. The van der Waals surface area contributed by atoms with Crippen molar-refractivity contribution in [1.29, 1.82) is 0 Å². The molecule has 7 heteroatoms. The molecular weight excluding hydrogens is 388 g/mol. The molecule has 172 valence electrons. The van der Waals surface area contributed by atoms with E-state index in [1.807, 2.05) is 18.0 Å². The minimum atomic E-state index is 0.270. The summed E-state index contributed by atoms with van der Waals surface area (Å²) in [5.41, 5.74) is 1.28. The fourth-order valence-corrected chi connectivity index (χ4v) is 4.38. The van der Waals surface area contributed by atoms with Gasteiger partial charge in [0.05, 0.1) is 0 Å². The highest BCUT2D eigenvalue weighted by Gasteiger charge is 2.29. The van der Waals surface area contributed by atoms with Gasteiger partial charge in [-0.25, -0.2) is 0 Å². The third-order valence-electron chi connectivity index (χ3n) is 6.37. The second kappa shape index (κ2) is 12.1. The van der Waals surface area contributed by atoms with Crippen LogP contribution in [0.2, 0.25) is 0 Å². The zero-order valence-electron chi connectivity index (χ0n) is 19.5. The van der Waals surface area contributed by atoms with Crippen LogP contribution in [0.1, 0.15) is 18.9 Å². The summed E-state index contributed by atoms with van der Waals surface area (Å²) in [5, 5.41) is 6.89. The van der Waals surface area contributed by atoms with Crippen LogP contribution in [-0.4, -0.2) is 99.6 Å². The molecule has 1 aromatic rings. The molecule has 2 aliphatic rings. The summed E-state index contributed by atoms with van der Waals surface area (Å²) in [6.07, 6.45) is 1.54. The number of hydrogen-bond donors (Lipinski definition) is 2. The average molecular weight is 429 g/mol. The molecule has 7 nitrogen and oxygen atoms in total. The van der Waals surface area contributed by atoms with Gasteiger partial charge in [0.15, 0.2) is 5.96 Å². The Kier molecular flexibility index (Phi) is 9.15. The van der Waals surface area contributed by atoms with Crippen LogP contribution in [0.15, 0.2) is 35.3 Å². The molecule has 2 N–H and O–H groups in total. The van der Waals surface area contributed by atoms with Crippen molar-refractivity contribution in [2.45, 2.75) is 19.8 Å². The number of carbonyl (C=O) groups is 1. The Bertz CT molecular complexity index is 701. The first-order valence-corrected chi connectivity index (χ1v) is 11.7. The van der Waals surface area contributed by atoms with Gasteiger partial charge in [-0.2, -0.15) is 0 Å². The van der Waals surface area contributed by atoms with Crippen LogP contribution >= 0.6 is 0 Å². The molecule has 31 heavy (non-hydrogen) atoms. The molecular formula is C24H40N6O. The highest BCUT2D eigenvalue weighted by Crippen LogP contribution is 2.17. The smallest absolute Gasteiger partial charge is 0.223 e. The van der Waals surface area contributed by atoms with E-state index >= 15 is 0 Å². The number of aliphatic imine (C=N–C) groups is 1. The monoisotopic (exact) mass is 428 g/mol. The predicted molar refractivity (Wildman–Crippen MR) is 127 cm³/mol. The fourth-order valence-electron chi connectivity index (χ4n) is 4.38. The van der Waals surface area contributed by atoms with Crippen LogP contribution < -0.4 is 10.6 Å². The number of carbonyl (C=O) groups excluding carboxylic acids is 1. The molecule has 2 aliphatic heterocycles. The van der Waals surface area contributed by atoms with Crippen LogP contribution in [0.3, 0.4) is 0 Å². The van der Waals surface area contributed by atoms with E-state index in [0.29, 0.717) is 18.3 Å². The number of rotatable bonds is 9. The van der Waals surface area contributed by atoms with Crippen LogP contribution in [0.4, 0.5) is 0 Å². The average Bonchev–Trinajstić information content (AvgIpc) is 3.14. The Morgan fingerprint density at radius 2 is 1.90 bits per heavy atom. The van der Waals surface area contributed by atoms with Gasteiger partial charge in [-0.3, -0.25) is 9.79 Å². The third kappa shape index (κ3) is 7.82. The molecule has 0 bridgehead atoms. The molecule has 0 saturated carbocycles. The van der Waals surface area contributed by atoms with Gasteiger partial charge in [-0.1, -0.05) is 37.3 Å². The molecule has 3 rings (SSSR count). The molecule has 2 saturated heterocycles. The molecule has 1 aromatic carbocycles. The molecule has 2 fully saturated rings. The zero-order chi connectivity index (χ0) is 22.1. The van der Waals surface area contributed by atoms with E-state index < -0.39 is 0 Å². The summed E-state index contributed by atoms with van der Waals surface area (Å²) >= 11 is 0. The van der Waals surface area contributed by atoms with Crippen molar-refractivity contribution >= 4 is 11.9 Å². The van der Waals surface area contributed by atoms with Crippen molar-refractivity contribution < 1.29 is 4.79 Å². The number of likely N-dealkylation sites (tertiary alicyclic amines) is 1. The lowest BCUT2D eigenvalue weighted by molar-refractivity contribution is -0.127. The summed E-state index contributed by atoms with van der Waals surface area (Å²) in [5.74, 6) is 2.00. The van der Waals surface area contributed by atoms with Crippen LogP contribution in [0.25, 0.3) is 0 Å². The highest BCUT2D eigenvalue weighted by molar-refractivity contribution is 5.80. The summed E-state index contributed by atoms with van der Waals surface area (Å²) in [6, 6.07) is 10.4. The number of amides is 1. The lowest BCUT2D eigenvalue weighted by Crippen LogP contribution is -2.48. The van der Waals surface area contributed by atoms with Gasteiger partial charge in [0.2, 0.25) is 5.91 Å². The number of nitrogens with one attached hydrogen (secondary N) is 2. The van der Waals surface area contributed by atoms with Gasteiger partial charge in [-0.15, -0.1) is 0 Å². The summed E-state index contributed by atoms with van der Waals surface area (Å²) in [7, 11) is 4.00.